The Labute approximate surface area is 242 Å². The van der Waals surface area contributed by atoms with Crippen LogP contribution in [0.15, 0.2) is 24.5 Å². The third-order valence-electron chi connectivity index (χ3n) is 7.99. The number of piperidine rings is 2. The fourth-order valence-electron chi connectivity index (χ4n) is 5.38. The number of anilines is 1. The lowest BCUT2D eigenvalue weighted by Crippen LogP contribution is -2.36. The number of hydrogen-bond donors (Lipinski definition) is 1. The first-order valence-electron chi connectivity index (χ1n) is 13.7. The van der Waals surface area contributed by atoms with Gasteiger partial charge in [0.2, 0.25) is 0 Å². The van der Waals surface area contributed by atoms with Crippen LogP contribution in [0, 0.1) is 18.7 Å². The molecule has 1 atom stereocenters. The average molecular weight is 586 g/mol. The van der Waals surface area contributed by atoms with Gasteiger partial charge in [0.05, 0.1) is 30.4 Å². The number of aliphatic carboxylic acids is 1. The Hall–Kier alpha value is -2.95. The van der Waals surface area contributed by atoms with Crippen molar-refractivity contribution >= 4 is 40.5 Å². The Balaban J connectivity index is 1.34. The molecule has 212 valence electrons. The molecule has 2 aromatic heterocycles. The summed E-state index contributed by atoms with van der Waals surface area (Å²) >= 11 is 7.80. The maximum absolute atomic E-state index is 14.6. The number of carboxylic acids is 1. The smallest absolute Gasteiger partial charge is 0.306 e. The molecule has 0 bridgehead atoms. The van der Waals surface area contributed by atoms with Crippen LogP contribution in [0.25, 0.3) is 11.3 Å². The summed E-state index contributed by atoms with van der Waals surface area (Å²) in [4.78, 5) is 43.4. The van der Waals surface area contributed by atoms with E-state index in [9.17, 15) is 19.1 Å². The number of carbonyl (C=O) groups excluding carboxylic acids is 1. The van der Waals surface area contributed by atoms with Crippen molar-refractivity contribution in [2.24, 2.45) is 5.92 Å². The molecular formula is C29H33ClFN5O3S. The van der Waals surface area contributed by atoms with Crippen molar-refractivity contribution < 1.29 is 19.1 Å². The van der Waals surface area contributed by atoms with Gasteiger partial charge in [-0.05, 0) is 58.2 Å². The van der Waals surface area contributed by atoms with Crippen molar-refractivity contribution in [3.63, 3.8) is 0 Å². The number of rotatable bonds is 8. The summed E-state index contributed by atoms with van der Waals surface area (Å²) in [6.07, 6.45) is 7.71. The Morgan fingerprint density at radius 1 is 1.12 bits per heavy atom. The molecule has 1 aromatic carbocycles. The molecule has 2 saturated heterocycles. The van der Waals surface area contributed by atoms with Crippen LogP contribution >= 0.6 is 22.9 Å². The number of halogens is 2. The minimum atomic E-state index is -0.763. The van der Waals surface area contributed by atoms with E-state index in [1.54, 1.807) is 19.2 Å². The highest BCUT2D eigenvalue weighted by atomic mass is 35.5. The normalized spacial score (nSPS) is 18.7. The molecule has 1 N–H and O–H groups in total. The molecule has 0 radical (unpaired) electrons. The summed E-state index contributed by atoms with van der Waals surface area (Å²) < 4.78 is 14.6. The quantitative estimate of drug-likeness (QED) is 0.331. The van der Waals surface area contributed by atoms with E-state index in [4.69, 9.17) is 16.6 Å². The van der Waals surface area contributed by atoms with Gasteiger partial charge in [-0.3, -0.25) is 14.5 Å². The SMILES string of the molecule is Cc1c(F)cc(-c2nc(CC(=O)c3cnc(N4CCC(C(=O)O)CC4)cn3)sc2CN2CCCC[C@H]2C)cc1Cl. The monoisotopic (exact) mass is 585 g/mol. The van der Waals surface area contributed by atoms with Crippen molar-refractivity contribution in [1.29, 1.82) is 0 Å². The number of ketones is 1. The Kier molecular flexibility index (Phi) is 8.77. The van der Waals surface area contributed by atoms with Crippen LogP contribution in [0.4, 0.5) is 10.2 Å². The molecule has 5 rings (SSSR count). The van der Waals surface area contributed by atoms with Crippen LogP contribution in [0.5, 0.6) is 0 Å². The van der Waals surface area contributed by atoms with Gasteiger partial charge in [-0.25, -0.2) is 19.3 Å². The second-order valence-electron chi connectivity index (χ2n) is 10.7. The summed E-state index contributed by atoms with van der Waals surface area (Å²) in [6, 6.07) is 3.65. The van der Waals surface area contributed by atoms with Gasteiger partial charge < -0.3 is 10.0 Å². The van der Waals surface area contributed by atoms with E-state index in [-0.39, 0.29) is 29.6 Å². The van der Waals surface area contributed by atoms with E-state index in [1.165, 1.54) is 30.0 Å². The number of aromatic nitrogens is 3. The van der Waals surface area contributed by atoms with Gasteiger partial charge in [0.15, 0.2) is 5.78 Å². The van der Waals surface area contributed by atoms with Crippen LogP contribution in [0.3, 0.4) is 0 Å². The van der Waals surface area contributed by atoms with Gasteiger partial charge in [0.1, 0.15) is 22.3 Å². The van der Waals surface area contributed by atoms with E-state index in [2.05, 4.69) is 21.8 Å². The average Bonchev–Trinajstić information content (AvgIpc) is 3.34. The summed E-state index contributed by atoms with van der Waals surface area (Å²) in [7, 11) is 0. The lowest BCUT2D eigenvalue weighted by atomic mass is 9.97. The van der Waals surface area contributed by atoms with Crippen molar-refractivity contribution in [2.45, 2.75) is 65.0 Å². The molecule has 0 spiro atoms. The highest BCUT2D eigenvalue weighted by molar-refractivity contribution is 7.12. The molecule has 40 heavy (non-hydrogen) atoms. The van der Waals surface area contributed by atoms with E-state index >= 15 is 0 Å². The highest BCUT2D eigenvalue weighted by Gasteiger charge is 2.26. The lowest BCUT2D eigenvalue weighted by Gasteiger charge is -2.33. The zero-order valence-corrected chi connectivity index (χ0v) is 24.3. The van der Waals surface area contributed by atoms with E-state index in [1.807, 2.05) is 4.90 Å². The van der Waals surface area contributed by atoms with Gasteiger partial charge in [-0.2, -0.15) is 0 Å². The predicted molar refractivity (Wildman–Crippen MR) is 154 cm³/mol. The molecule has 2 aliphatic heterocycles. The zero-order valence-electron chi connectivity index (χ0n) is 22.7. The number of carbonyl (C=O) groups is 2. The van der Waals surface area contributed by atoms with E-state index < -0.39 is 5.97 Å². The predicted octanol–water partition coefficient (Wildman–Crippen LogP) is 5.80. The molecule has 2 aliphatic rings. The topological polar surface area (TPSA) is 99.5 Å². The van der Waals surface area contributed by atoms with Crippen LogP contribution in [-0.2, 0) is 17.8 Å². The zero-order chi connectivity index (χ0) is 28.4. The summed E-state index contributed by atoms with van der Waals surface area (Å²) in [5.41, 5.74) is 1.92. The molecule has 0 unspecified atom stereocenters. The number of thiazole rings is 1. The van der Waals surface area contributed by atoms with Crippen LogP contribution < -0.4 is 4.90 Å². The molecular weight excluding hydrogens is 553 g/mol. The molecule has 0 saturated carbocycles. The standard InChI is InChI=1S/C29H33ClFN5O3S/c1-17-5-3-4-8-36(17)16-25-28(20-11-21(30)18(2)22(31)12-20)34-27(40-25)13-24(37)23-14-33-26(15-32-23)35-9-6-19(7-10-35)29(38)39/h11-12,14-15,17,19H,3-10,13,16H2,1-2H3,(H,38,39)/t17-/m1/s1. The van der Waals surface area contributed by atoms with Gasteiger partial charge in [-0.1, -0.05) is 18.0 Å². The number of nitrogens with zero attached hydrogens (tertiary/aromatic N) is 5. The van der Waals surface area contributed by atoms with Crippen LogP contribution in [-0.4, -0.2) is 62.4 Å². The fraction of sp³-hybridized carbons (Fsp3) is 0.483. The van der Waals surface area contributed by atoms with Gasteiger partial charge in [-0.15, -0.1) is 11.3 Å². The Morgan fingerprint density at radius 3 is 2.55 bits per heavy atom. The van der Waals surface area contributed by atoms with Crippen molar-refractivity contribution in [3.05, 3.63) is 56.5 Å². The molecule has 8 nitrogen and oxygen atoms in total. The minimum absolute atomic E-state index is 0.0628. The number of Topliss-reactive ketones (excluding diaryl/α,β-unsaturated/α-hetero) is 1. The van der Waals surface area contributed by atoms with E-state index in [0.29, 0.717) is 71.2 Å². The first-order valence-corrected chi connectivity index (χ1v) is 14.9. The molecule has 11 heteroatoms. The number of likely N-dealkylation sites (tertiary alicyclic amines) is 1. The fourth-order valence-corrected chi connectivity index (χ4v) is 6.70. The van der Waals surface area contributed by atoms with Crippen molar-refractivity contribution in [1.82, 2.24) is 19.9 Å². The van der Waals surface area contributed by atoms with Crippen molar-refractivity contribution in [3.8, 4) is 11.3 Å². The third-order valence-corrected chi connectivity index (χ3v) is 9.42. The highest BCUT2D eigenvalue weighted by Crippen LogP contribution is 2.35. The molecule has 0 amide bonds. The van der Waals surface area contributed by atoms with Crippen molar-refractivity contribution in [2.75, 3.05) is 24.5 Å². The van der Waals surface area contributed by atoms with E-state index in [0.717, 1.165) is 24.3 Å². The van der Waals surface area contributed by atoms with Gasteiger partial charge in [0.25, 0.3) is 0 Å². The number of hydrogen-bond acceptors (Lipinski definition) is 8. The number of carboxylic acid groups (broad SMARTS) is 1. The lowest BCUT2D eigenvalue weighted by molar-refractivity contribution is -0.142. The van der Waals surface area contributed by atoms with Crippen LogP contribution in [0.2, 0.25) is 5.02 Å². The molecule has 2 fully saturated rings. The summed E-state index contributed by atoms with van der Waals surface area (Å²) in [5, 5.41) is 10.2. The maximum atomic E-state index is 14.6. The third kappa shape index (κ3) is 6.34. The maximum Gasteiger partial charge on any atom is 0.306 e. The number of benzene rings is 1. The largest absolute Gasteiger partial charge is 0.481 e. The Bertz CT molecular complexity index is 1370. The summed E-state index contributed by atoms with van der Waals surface area (Å²) in [5.74, 6) is -1.04. The second-order valence-corrected chi connectivity index (χ2v) is 12.3. The molecule has 0 aliphatic carbocycles. The van der Waals surface area contributed by atoms with Gasteiger partial charge in [0, 0.05) is 46.7 Å². The molecule has 4 heterocycles. The first kappa shape index (κ1) is 28.6. The summed E-state index contributed by atoms with van der Waals surface area (Å²) in [6.45, 7) is 6.72. The second kappa shape index (κ2) is 12.3. The minimum Gasteiger partial charge on any atom is -0.481 e. The Morgan fingerprint density at radius 2 is 1.90 bits per heavy atom. The molecule has 3 aromatic rings. The first-order chi connectivity index (χ1) is 19.2. The van der Waals surface area contributed by atoms with Crippen LogP contribution in [0.1, 0.15) is 65.0 Å². The van der Waals surface area contributed by atoms with Gasteiger partial charge >= 0.3 is 5.97 Å².